The minimum absolute atomic E-state index is 0. The van der Waals surface area contributed by atoms with Crippen LogP contribution in [0.25, 0.3) is 0 Å². The highest BCUT2D eigenvalue weighted by molar-refractivity contribution is 6.44. The van der Waals surface area contributed by atoms with E-state index >= 15 is 0 Å². The predicted molar refractivity (Wildman–Crippen MR) is 56.2 cm³/mol. The Bertz CT molecular complexity index is 133. The zero-order chi connectivity index (χ0) is 8.53. The Morgan fingerprint density at radius 3 is 2.42 bits per heavy atom. The topological polar surface area (TPSA) is 36.2 Å². The summed E-state index contributed by atoms with van der Waals surface area (Å²) in [5.74, 6) is 0. The van der Waals surface area contributed by atoms with E-state index in [4.69, 9.17) is 28.6 Å². The Hall–Kier alpha value is 0.250. The summed E-state index contributed by atoms with van der Waals surface area (Å²) in [5.41, 5.74) is 0. The molecule has 2 nitrogen and oxygen atoms in total. The van der Waals surface area contributed by atoms with E-state index in [1.165, 1.54) is 0 Å². The summed E-state index contributed by atoms with van der Waals surface area (Å²) >= 11 is 11.0. The molecule has 0 heterocycles. The Morgan fingerprint density at radius 1 is 1.25 bits per heavy atom. The van der Waals surface area contributed by atoms with Gasteiger partial charge in [-0.05, 0) is 12.8 Å². The van der Waals surface area contributed by atoms with Crippen LogP contribution in [0, 0.1) is 5.41 Å². The maximum atomic E-state index is 6.49. The number of hydrogen-bond donors (Lipinski definition) is 1. The first-order chi connectivity index (χ1) is 5.27. The molecule has 0 saturated heterocycles. The SMILES string of the molecule is Cl.N=C=NCCCCCC(Cl)Cl. The molecule has 0 amide bonds. The molecule has 0 unspecified atom stereocenters. The van der Waals surface area contributed by atoms with Crippen LogP contribution >= 0.6 is 35.6 Å². The molecule has 0 fully saturated rings. The van der Waals surface area contributed by atoms with E-state index in [2.05, 4.69) is 4.99 Å². The normalized spacial score (nSPS) is 8.92. The Morgan fingerprint density at radius 2 is 1.92 bits per heavy atom. The van der Waals surface area contributed by atoms with E-state index in [0.29, 0.717) is 6.54 Å². The van der Waals surface area contributed by atoms with Gasteiger partial charge in [-0.1, -0.05) is 12.8 Å². The molecule has 0 aliphatic heterocycles. The summed E-state index contributed by atoms with van der Waals surface area (Å²) in [6.07, 6.45) is 3.94. The summed E-state index contributed by atoms with van der Waals surface area (Å²) in [4.78, 5) is 3.40. The van der Waals surface area contributed by atoms with Crippen molar-refractivity contribution in [1.29, 1.82) is 5.41 Å². The van der Waals surface area contributed by atoms with Crippen molar-refractivity contribution in [2.24, 2.45) is 4.99 Å². The van der Waals surface area contributed by atoms with Crippen LogP contribution in [0.4, 0.5) is 0 Å². The molecule has 0 aliphatic carbocycles. The molecule has 0 spiro atoms. The molecule has 0 atom stereocenters. The maximum Gasteiger partial charge on any atom is 0.107 e. The van der Waals surface area contributed by atoms with Gasteiger partial charge < -0.3 is 0 Å². The molecule has 0 aromatic heterocycles. The lowest BCUT2D eigenvalue weighted by molar-refractivity contribution is 0.668. The van der Waals surface area contributed by atoms with Gasteiger partial charge in [0.25, 0.3) is 0 Å². The minimum Gasteiger partial charge on any atom is -0.242 e. The molecule has 1 N–H and O–H groups in total. The van der Waals surface area contributed by atoms with Gasteiger partial charge in [-0.15, -0.1) is 35.6 Å². The van der Waals surface area contributed by atoms with Crippen LogP contribution in [0.1, 0.15) is 25.7 Å². The molecule has 0 rings (SSSR count). The largest absolute Gasteiger partial charge is 0.242 e. The van der Waals surface area contributed by atoms with Crippen molar-refractivity contribution in [3.05, 3.63) is 0 Å². The number of hydrogen-bond acceptors (Lipinski definition) is 2. The van der Waals surface area contributed by atoms with Gasteiger partial charge in [0.05, 0.1) is 6.01 Å². The van der Waals surface area contributed by atoms with E-state index in [0.717, 1.165) is 25.7 Å². The second-order valence-electron chi connectivity index (χ2n) is 2.23. The van der Waals surface area contributed by atoms with Crippen molar-refractivity contribution < 1.29 is 0 Å². The summed E-state index contributed by atoms with van der Waals surface area (Å²) in [6, 6.07) is 1.99. The van der Waals surface area contributed by atoms with E-state index < -0.39 is 0 Å². The van der Waals surface area contributed by atoms with Crippen molar-refractivity contribution in [3.8, 4) is 0 Å². The Kier molecular flexibility index (Phi) is 13.8. The van der Waals surface area contributed by atoms with E-state index in [1.54, 1.807) is 0 Å². The monoisotopic (exact) mass is 230 g/mol. The average Bonchev–Trinajstić information content (AvgIpc) is 1.96. The number of nitrogens with one attached hydrogen (secondary N) is 1. The molecule has 72 valence electrons. The highest BCUT2D eigenvalue weighted by atomic mass is 35.5. The quantitative estimate of drug-likeness (QED) is 0.412. The molecule has 0 aromatic rings. The fourth-order valence-electron chi connectivity index (χ4n) is 0.722. The number of halogens is 3. The van der Waals surface area contributed by atoms with Crippen LogP contribution in [0.5, 0.6) is 0 Å². The van der Waals surface area contributed by atoms with E-state index in [9.17, 15) is 0 Å². The van der Waals surface area contributed by atoms with Crippen LogP contribution in [-0.2, 0) is 0 Å². The summed E-state index contributed by atoms with van der Waals surface area (Å²) in [5, 5.41) is 6.49. The number of aliphatic imine (C=N–C) groups is 1. The lowest BCUT2D eigenvalue weighted by Crippen LogP contribution is -1.87. The van der Waals surface area contributed by atoms with Crippen LogP contribution < -0.4 is 0 Å². The van der Waals surface area contributed by atoms with E-state index in [1.807, 2.05) is 6.01 Å². The second-order valence-corrected chi connectivity index (χ2v) is 3.51. The highest BCUT2D eigenvalue weighted by Crippen LogP contribution is 2.11. The van der Waals surface area contributed by atoms with Crippen molar-refractivity contribution in [3.63, 3.8) is 0 Å². The van der Waals surface area contributed by atoms with Gasteiger partial charge in [-0.2, -0.15) is 0 Å². The number of nitrogens with zero attached hydrogens (tertiary/aromatic N) is 1. The first-order valence-corrected chi connectivity index (χ1v) is 4.51. The molecule has 0 aromatic carbocycles. The fourth-order valence-corrected chi connectivity index (χ4v) is 1.03. The first kappa shape index (κ1) is 14.8. The standard InChI is InChI=1S/C7H12Cl2N2.ClH/c8-7(9)4-2-1-3-5-11-6-10;/h7,10H,1-5H2;1H. The number of rotatable bonds is 6. The molecule has 0 radical (unpaired) electrons. The zero-order valence-electron chi connectivity index (χ0n) is 6.72. The van der Waals surface area contributed by atoms with E-state index in [-0.39, 0.29) is 17.2 Å². The van der Waals surface area contributed by atoms with Gasteiger partial charge in [0, 0.05) is 6.54 Å². The second kappa shape index (κ2) is 11.2. The molecular weight excluding hydrogens is 218 g/mol. The summed E-state index contributed by atoms with van der Waals surface area (Å²) in [7, 11) is 0. The first-order valence-electron chi connectivity index (χ1n) is 3.63. The van der Waals surface area contributed by atoms with Gasteiger partial charge in [-0.3, -0.25) is 0 Å². The van der Waals surface area contributed by atoms with Crippen molar-refractivity contribution in [1.82, 2.24) is 0 Å². The molecule has 12 heavy (non-hydrogen) atoms. The van der Waals surface area contributed by atoms with Crippen LogP contribution in [0.3, 0.4) is 0 Å². The lowest BCUT2D eigenvalue weighted by atomic mass is 10.2. The van der Waals surface area contributed by atoms with Gasteiger partial charge in [0.15, 0.2) is 0 Å². The Balaban J connectivity index is 0. The van der Waals surface area contributed by atoms with Crippen LogP contribution in [0.2, 0.25) is 0 Å². The lowest BCUT2D eigenvalue weighted by Gasteiger charge is -1.98. The third kappa shape index (κ3) is 12.9. The van der Waals surface area contributed by atoms with Crippen molar-refractivity contribution >= 4 is 41.6 Å². The minimum atomic E-state index is -0.235. The van der Waals surface area contributed by atoms with Crippen LogP contribution in [-0.4, -0.2) is 17.4 Å². The van der Waals surface area contributed by atoms with Crippen molar-refractivity contribution in [2.45, 2.75) is 30.5 Å². The van der Waals surface area contributed by atoms with Gasteiger partial charge in [0.1, 0.15) is 4.84 Å². The molecule has 0 saturated carbocycles. The molecular formula is C7H13Cl3N2. The number of alkyl halides is 2. The Labute approximate surface area is 89.3 Å². The number of unbranched alkanes of at least 4 members (excludes halogenated alkanes) is 2. The smallest absolute Gasteiger partial charge is 0.107 e. The summed E-state index contributed by atoms with van der Waals surface area (Å²) in [6.45, 7) is 0.693. The van der Waals surface area contributed by atoms with Gasteiger partial charge in [0.2, 0.25) is 0 Å². The third-order valence-electron chi connectivity index (χ3n) is 1.27. The predicted octanol–water partition coefficient (Wildman–Crippen LogP) is 3.52. The molecule has 5 heteroatoms. The van der Waals surface area contributed by atoms with Crippen LogP contribution in [0.15, 0.2) is 4.99 Å². The fraction of sp³-hybridized carbons (Fsp3) is 0.857. The van der Waals surface area contributed by atoms with Crippen molar-refractivity contribution in [2.75, 3.05) is 6.54 Å². The summed E-state index contributed by atoms with van der Waals surface area (Å²) < 4.78 is 0. The average molecular weight is 232 g/mol. The third-order valence-corrected chi connectivity index (χ3v) is 1.71. The maximum absolute atomic E-state index is 6.49. The van der Waals surface area contributed by atoms with Gasteiger partial charge in [-0.25, -0.2) is 10.4 Å². The molecule has 0 aliphatic rings. The molecule has 0 bridgehead atoms. The highest BCUT2D eigenvalue weighted by Gasteiger charge is 1.96. The zero-order valence-corrected chi connectivity index (χ0v) is 9.05. The van der Waals surface area contributed by atoms with Gasteiger partial charge >= 0.3 is 0 Å².